The molecule has 15 aromatic rings. The molecule has 0 saturated heterocycles. The Bertz CT molecular complexity index is 5130. The van der Waals surface area contributed by atoms with Gasteiger partial charge in [-0.05, 0) is 150 Å². The fourth-order valence-electron chi connectivity index (χ4n) is 15.3. The standard InChI is InChI=1S/C79H62N2O2Si2/c1-84(2,3)79(85(4,5)6)75-60-47-44-58(80(56-40-35-53(36-41-56)51-21-9-7-10-22-51)70-31-19-29-66-62-26-15-17-33-72(62)82-77(66)70)49-55(60)39-46-68(75)74-64-28-14-13-25-61(64)69-50-59(45-48-65(69)76(74)79)81(57-42-37-54(38-43-57)52-23-11-8-12-24-52)71-32-20-30-67-63-27-16-18-34-73(63)83-78(67)71/h7-50H,1-6H3. The summed E-state index contributed by atoms with van der Waals surface area (Å²) in [6.45, 7) is 15.9. The van der Waals surface area contributed by atoms with Crippen LogP contribution >= 0.6 is 0 Å². The number of furan rings is 2. The summed E-state index contributed by atoms with van der Waals surface area (Å²) in [4.78, 5) is 4.82. The Balaban J connectivity index is 0.914. The number of para-hydroxylation sites is 4. The molecule has 4 nitrogen and oxygen atoms in total. The topological polar surface area (TPSA) is 32.8 Å². The first kappa shape index (κ1) is 51.0. The highest BCUT2D eigenvalue weighted by atomic mass is 28.4. The van der Waals surface area contributed by atoms with Gasteiger partial charge in [-0.2, -0.15) is 0 Å². The largest absolute Gasteiger partial charge is 0.454 e. The third kappa shape index (κ3) is 7.71. The summed E-state index contributed by atoms with van der Waals surface area (Å²) in [5.41, 5.74) is 20.3. The highest BCUT2D eigenvalue weighted by molar-refractivity contribution is 7.00. The second-order valence-electron chi connectivity index (χ2n) is 25.2. The summed E-state index contributed by atoms with van der Waals surface area (Å²) >= 11 is 0. The smallest absolute Gasteiger partial charge is 0.159 e. The van der Waals surface area contributed by atoms with Crippen molar-refractivity contribution < 1.29 is 8.83 Å². The maximum Gasteiger partial charge on any atom is 0.159 e. The highest BCUT2D eigenvalue weighted by Crippen LogP contribution is 2.63. The molecule has 0 amide bonds. The van der Waals surface area contributed by atoms with E-state index in [1.54, 1.807) is 0 Å². The molecular formula is C79H62N2O2Si2. The van der Waals surface area contributed by atoms with Gasteiger partial charge in [-0.25, -0.2) is 0 Å². The van der Waals surface area contributed by atoms with Crippen molar-refractivity contribution in [3.8, 4) is 33.4 Å². The van der Waals surface area contributed by atoms with Crippen molar-refractivity contribution in [2.45, 2.75) is 43.9 Å². The van der Waals surface area contributed by atoms with E-state index in [9.17, 15) is 0 Å². The molecule has 6 heteroatoms. The van der Waals surface area contributed by atoms with Crippen molar-refractivity contribution in [1.29, 1.82) is 0 Å². The van der Waals surface area contributed by atoms with Crippen LogP contribution in [0.15, 0.2) is 276 Å². The van der Waals surface area contributed by atoms with Crippen molar-refractivity contribution in [1.82, 2.24) is 0 Å². The number of anilines is 6. The van der Waals surface area contributed by atoms with Crippen LogP contribution in [0.1, 0.15) is 11.1 Å². The lowest BCUT2D eigenvalue weighted by Gasteiger charge is -2.52. The number of benzene rings is 13. The monoisotopic (exact) mass is 1130 g/mol. The molecular weight excluding hydrogens is 1070 g/mol. The molecule has 0 unspecified atom stereocenters. The molecule has 2 aromatic heterocycles. The van der Waals surface area contributed by atoms with Gasteiger partial charge in [0.2, 0.25) is 0 Å². The van der Waals surface area contributed by atoms with Gasteiger partial charge in [-0.1, -0.05) is 233 Å². The molecule has 408 valence electrons. The lowest BCUT2D eigenvalue weighted by atomic mass is 9.91. The van der Waals surface area contributed by atoms with Gasteiger partial charge in [0.15, 0.2) is 11.2 Å². The predicted octanol–water partition coefficient (Wildman–Crippen LogP) is 23.2. The second-order valence-corrected chi connectivity index (χ2v) is 36.2. The lowest BCUT2D eigenvalue weighted by molar-refractivity contribution is 0.668. The first-order valence-electron chi connectivity index (χ1n) is 29.7. The van der Waals surface area contributed by atoms with E-state index in [-0.39, 0.29) is 4.66 Å². The third-order valence-corrected chi connectivity index (χ3v) is 28.5. The molecule has 0 fully saturated rings. The van der Waals surface area contributed by atoms with E-state index in [2.05, 4.69) is 316 Å². The van der Waals surface area contributed by atoms with Crippen LogP contribution in [0.4, 0.5) is 34.1 Å². The van der Waals surface area contributed by atoms with Crippen molar-refractivity contribution in [2.75, 3.05) is 9.80 Å². The first-order chi connectivity index (χ1) is 41.4. The molecule has 0 saturated carbocycles. The van der Waals surface area contributed by atoms with Gasteiger partial charge in [0, 0.05) is 49.0 Å². The third-order valence-electron chi connectivity index (χ3n) is 18.5. The van der Waals surface area contributed by atoms with Gasteiger partial charge >= 0.3 is 0 Å². The van der Waals surface area contributed by atoms with E-state index in [1.807, 2.05) is 0 Å². The molecule has 2 heterocycles. The van der Waals surface area contributed by atoms with Gasteiger partial charge in [-0.3, -0.25) is 0 Å². The van der Waals surface area contributed by atoms with E-state index in [0.717, 1.165) is 78.0 Å². The van der Waals surface area contributed by atoms with E-state index in [0.29, 0.717) is 0 Å². The normalized spacial score (nSPS) is 13.2. The second kappa shape index (κ2) is 19.2. The molecule has 0 atom stereocenters. The van der Waals surface area contributed by atoms with Crippen LogP contribution in [0.5, 0.6) is 0 Å². The van der Waals surface area contributed by atoms with Gasteiger partial charge < -0.3 is 18.6 Å². The minimum absolute atomic E-state index is 0.199. The average molecular weight is 1130 g/mol. The number of hydrogen-bond donors (Lipinski definition) is 0. The zero-order valence-corrected chi connectivity index (χ0v) is 50.6. The zero-order chi connectivity index (χ0) is 57.3. The van der Waals surface area contributed by atoms with E-state index < -0.39 is 16.1 Å². The minimum Gasteiger partial charge on any atom is -0.454 e. The van der Waals surface area contributed by atoms with Crippen molar-refractivity contribution in [3.63, 3.8) is 0 Å². The Kier molecular flexibility index (Phi) is 11.5. The van der Waals surface area contributed by atoms with Gasteiger partial charge in [0.25, 0.3) is 0 Å². The summed E-state index contributed by atoms with van der Waals surface area (Å²) in [5.74, 6) is 0. The first-order valence-corrected chi connectivity index (χ1v) is 36.7. The molecule has 0 aliphatic heterocycles. The summed E-state index contributed by atoms with van der Waals surface area (Å²) < 4.78 is 13.5. The summed E-state index contributed by atoms with van der Waals surface area (Å²) in [6.07, 6.45) is 0. The number of rotatable bonds is 10. The molecule has 0 radical (unpaired) electrons. The number of fused-ring (bicyclic) bond motifs is 16. The average Bonchev–Trinajstić information content (AvgIpc) is 1.75. The molecule has 0 N–H and O–H groups in total. The molecule has 1 aliphatic rings. The SMILES string of the molecule is C[Si](C)(C)C1([Si](C)(C)C)c2c(ccc3cc(N(c4ccc(-c5ccccc5)cc4)c4cccc5c4oc4ccccc45)ccc23)-c2c1c1ccc(N(c3ccc(-c4ccccc4)cc3)c3cccc4c3oc3ccccc34)cc1c1ccccc21. The fraction of sp³-hybridized carbons (Fsp3) is 0.0886. The quantitative estimate of drug-likeness (QED) is 0.101. The molecule has 0 bridgehead atoms. The Morgan fingerprint density at radius 1 is 0.294 bits per heavy atom. The Hall–Kier alpha value is -9.73. The summed E-state index contributed by atoms with van der Waals surface area (Å²) in [7, 11) is -4.52. The zero-order valence-electron chi connectivity index (χ0n) is 48.6. The van der Waals surface area contributed by atoms with E-state index >= 15 is 0 Å². The lowest BCUT2D eigenvalue weighted by Crippen LogP contribution is -2.63. The highest BCUT2D eigenvalue weighted by Gasteiger charge is 2.60. The van der Waals surface area contributed by atoms with Crippen LogP contribution in [-0.4, -0.2) is 16.1 Å². The van der Waals surface area contributed by atoms with Gasteiger partial charge in [-0.15, -0.1) is 0 Å². The van der Waals surface area contributed by atoms with Crippen LogP contribution in [0.25, 0.3) is 110 Å². The predicted molar refractivity (Wildman–Crippen MR) is 367 cm³/mol. The maximum absolute atomic E-state index is 6.87. The van der Waals surface area contributed by atoms with Crippen LogP contribution in [0.2, 0.25) is 39.3 Å². The van der Waals surface area contributed by atoms with Crippen LogP contribution < -0.4 is 9.80 Å². The van der Waals surface area contributed by atoms with Crippen LogP contribution in [0.3, 0.4) is 0 Å². The van der Waals surface area contributed by atoms with Gasteiger partial charge in [0.1, 0.15) is 11.2 Å². The summed E-state index contributed by atoms with van der Waals surface area (Å²) in [5, 5.41) is 12.2. The summed E-state index contributed by atoms with van der Waals surface area (Å²) in [6, 6.07) is 98.1. The maximum atomic E-state index is 6.87. The van der Waals surface area contributed by atoms with Crippen LogP contribution in [-0.2, 0) is 4.66 Å². The van der Waals surface area contributed by atoms with Crippen molar-refractivity contribution >= 4 is 126 Å². The number of hydrogen-bond acceptors (Lipinski definition) is 4. The number of nitrogens with zero attached hydrogens (tertiary/aromatic N) is 2. The Labute approximate surface area is 497 Å². The van der Waals surface area contributed by atoms with E-state index in [4.69, 9.17) is 8.83 Å². The molecule has 0 spiro atoms. The van der Waals surface area contributed by atoms with Crippen molar-refractivity contribution in [2.24, 2.45) is 0 Å². The molecule has 13 aromatic carbocycles. The molecule has 1 aliphatic carbocycles. The van der Waals surface area contributed by atoms with Gasteiger partial charge in [0.05, 0.1) is 27.5 Å². The van der Waals surface area contributed by atoms with Crippen molar-refractivity contribution in [3.05, 3.63) is 278 Å². The Morgan fingerprint density at radius 2 is 0.718 bits per heavy atom. The van der Waals surface area contributed by atoms with E-state index in [1.165, 1.54) is 76.8 Å². The Morgan fingerprint density at radius 3 is 1.24 bits per heavy atom. The van der Waals surface area contributed by atoms with Crippen LogP contribution in [0, 0.1) is 0 Å². The molecule has 85 heavy (non-hydrogen) atoms. The molecule has 16 rings (SSSR count). The fourth-order valence-corrected chi connectivity index (χ4v) is 28.4. The minimum atomic E-state index is -2.26.